The highest BCUT2D eigenvalue weighted by Crippen LogP contribution is 2.51. The summed E-state index contributed by atoms with van der Waals surface area (Å²) >= 11 is 5.64. The molecule has 0 aliphatic carbocycles. The van der Waals surface area contributed by atoms with Gasteiger partial charge in [0, 0.05) is 17.8 Å². The number of anilines is 1. The standard InChI is InChI=1S/C24H29N3O3S/c1-6-27-23(31)26-20-16-9-8-10-18(29-7-2)21(16)30-24(27,5)19(20)22(28)25-17-12-11-14(3)13-15(17)4/h8-13,19-20H,6-7H2,1-5H3,(H,25,28)(H,26,31)/t19-,20-,24+/m0/s1. The van der Waals surface area contributed by atoms with Crippen molar-refractivity contribution in [3.63, 3.8) is 0 Å². The number of nitrogens with one attached hydrogen (secondary N) is 2. The summed E-state index contributed by atoms with van der Waals surface area (Å²) in [5, 5.41) is 7.11. The number of hydrogen-bond donors (Lipinski definition) is 2. The number of thiocarbonyl (C=S) groups is 1. The van der Waals surface area contributed by atoms with Crippen molar-refractivity contribution >= 4 is 28.9 Å². The first-order valence-corrected chi connectivity index (χ1v) is 11.1. The molecule has 164 valence electrons. The second kappa shape index (κ2) is 8.04. The van der Waals surface area contributed by atoms with Gasteiger partial charge < -0.3 is 25.0 Å². The van der Waals surface area contributed by atoms with E-state index in [0.29, 0.717) is 29.8 Å². The molecule has 0 aromatic heterocycles. The Balaban J connectivity index is 1.79. The molecule has 1 saturated heterocycles. The zero-order chi connectivity index (χ0) is 22.3. The van der Waals surface area contributed by atoms with Crippen molar-refractivity contribution in [2.75, 3.05) is 18.5 Å². The van der Waals surface area contributed by atoms with Gasteiger partial charge in [0.1, 0.15) is 5.92 Å². The minimum absolute atomic E-state index is 0.111. The van der Waals surface area contributed by atoms with Gasteiger partial charge in [0.15, 0.2) is 22.3 Å². The van der Waals surface area contributed by atoms with E-state index in [4.69, 9.17) is 21.7 Å². The van der Waals surface area contributed by atoms with Gasteiger partial charge in [-0.2, -0.15) is 0 Å². The van der Waals surface area contributed by atoms with Gasteiger partial charge >= 0.3 is 0 Å². The molecule has 0 spiro atoms. The molecule has 2 aliphatic heterocycles. The quantitative estimate of drug-likeness (QED) is 0.677. The topological polar surface area (TPSA) is 62.8 Å². The van der Waals surface area contributed by atoms with Crippen molar-refractivity contribution in [1.29, 1.82) is 0 Å². The Morgan fingerprint density at radius 3 is 2.74 bits per heavy atom. The summed E-state index contributed by atoms with van der Waals surface area (Å²) in [6.07, 6.45) is 0. The van der Waals surface area contributed by atoms with Crippen molar-refractivity contribution in [3.05, 3.63) is 53.1 Å². The normalized spacial score (nSPS) is 24.0. The van der Waals surface area contributed by atoms with E-state index in [2.05, 4.69) is 16.7 Å². The summed E-state index contributed by atoms with van der Waals surface area (Å²) in [5.74, 6) is 0.709. The Morgan fingerprint density at radius 2 is 2.06 bits per heavy atom. The average Bonchev–Trinajstić information content (AvgIpc) is 2.70. The van der Waals surface area contributed by atoms with Gasteiger partial charge in [-0.3, -0.25) is 4.79 Å². The Morgan fingerprint density at radius 1 is 1.29 bits per heavy atom. The van der Waals surface area contributed by atoms with Crippen molar-refractivity contribution in [3.8, 4) is 11.5 Å². The molecule has 4 rings (SSSR count). The number of para-hydroxylation sites is 1. The number of amides is 1. The summed E-state index contributed by atoms with van der Waals surface area (Å²) in [4.78, 5) is 15.6. The van der Waals surface area contributed by atoms with Crippen LogP contribution in [0, 0.1) is 19.8 Å². The molecule has 2 aromatic carbocycles. The maximum absolute atomic E-state index is 13.7. The van der Waals surface area contributed by atoms with Crippen molar-refractivity contribution in [1.82, 2.24) is 10.2 Å². The van der Waals surface area contributed by atoms with E-state index >= 15 is 0 Å². The third kappa shape index (κ3) is 3.51. The third-order valence-corrected chi connectivity index (χ3v) is 6.50. The zero-order valence-electron chi connectivity index (χ0n) is 18.6. The molecule has 0 radical (unpaired) electrons. The Hall–Kier alpha value is -2.80. The fraction of sp³-hybridized carbons (Fsp3) is 0.417. The van der Waals surface area contributed by atoms with Crippen LogP contribution in [-0.4, -0.2) is 34.8 Å². The second-order valence-corrected chi connectivity index (χ2v) is 8.61. The molecule has 7 heteroatoms. The minimum atomic E-state index is -0.954. The molecule has 2 N–H and O–H groups in total. The highest BCUT2D eigenvalue weighted by molar-refractivity contribution is 7.80. The first kappa shape index (κ1) is 21.4. The molecule has 1 fully saturated rings. The first-order chi connectivity index (χ1) is 14.8. The van der Waals surface area contributed by atoms with Gasteiger partial charge in [-0.15, -0.1) is 0 Å². The molecular formula is C24H29N3O3S. The van der Waals surface area contributed by atoms with Gasteiger partial charge in [-0.1, -0.05) is 29.8 Å². The molecule has 1 amide bonds. The van der Waals surface area contributed by atoms with E-state index in [1.54, 1.807) is 0 Å². The summed E-state index contributed by atoms with van der Waals surface area (Å²) in [6.45, 7) is 11.1. The van der Waals surface area contributed by atoms with Crippen LogP contribution < -0.4 is 20.1 Å². The van der Waals surface area contributed by atoms with Gasteiger partial charge in [0.25, 0.3) is 0 Å². The van der Waals surface area contributed by atoms with Crippen LogP contribution in [0.5, 0.6) is 11.5 Å². The summed E-state index contributed by atoms with van der Waals surface area (Å²) in [6, 6.07) is 11.5. The number of ether oxygens (including phenoxy) is 2. The molecular weight excluding hydrogens is 410 g/mol. The predicted octanol–water partition coefficient (Wildman–Crippen LogP) is 4.32. The number of carbonyl (C=O) groups is 1. The van der Waals surface area contributed by atoms with Gasteiger partial charge in [0.2, 0.25) is 5.91 Å². The second-order valence-electron chi connectivity index (χ2n) is 8.22. The van der Waals surface area contributed by atoms with Crippen molar-refractivity contribution in [2.45, 2.75) is 46.4 Å². The largest absolute Gasteiger partial charge is 0.490 e. The van der Waals surface area contributed by atoms with Gasteiger partial charge in [0.05, 0.1) is 12.6 Å². The van der Waals surface area contributed by atoms with E-state index < -0.39 is 11.6 Å². The SMILES string of the molecule is CCOc1cccc2c1O[C@]1(C)[C@H](C(=O)Nc3ccc(C)cc3C)[C@H]2NC(=S)N1CC. The molecule has 0 saturated carbocycles. The van der Waals surface area contributed by atoms with Crippen LogP contribution in [0.4, 0.5) is 5.69 Å². The molecule has 0 unspecified atom stereocenters. The number of benzene rings is 2. The van der Waals surface area contributed by atoms with E-state index in [-0.39, 0.29) is 11.9 Å². The monoisotopic (exact) mass is 439 g/mol. The summed E-state index contributed by atoms with van der Waals surface area (Å²) in [5.41, 5.74) is 2.90. The number of hydrogen-bond acceptors (Lipinski definition) is 4. The lowest BCUT2D eigenvalue weighted by Crippen LogP contribution is -2.71. The Kier molecular flexibility index (Phi) is 5.56. The van der Waals surface area contributed by atoms with Crippen LogP contribution in [0.15, 0.2) is 36.4 Å². The number of aryl methyl sites for hydroxylation is 2. The number of fused-ring (bicyclic) bond motifs is 4. The van der Waals surface area contributed by atoms with Crippen LogP contribution in [0.25, 0.3) is 0 Å². The van der Waals surface area contributed by atoms with Crippen LogP contribution >= 0.6 is 12.2 Å². The Bertz CT molecular complexity index is 1040. The van der Waals surface area contributed by atoms with Gasteiger partial charge in [-0.05, 0) is 64.5 Å². The zero-order valence-corrected chi connectivity index (χ0v) is 19.4. The van der Waals surface area contributed by atoms with E-state index in [1.165, 1.54) is 0 Å². The maximum Gasteiger partial charge on any atom is 0.236 e. The third-order valence-electron chi connectivity index (χ3n) is 6.16. The predicted molar refractivity (Wildman–Crippen MR) is 126 cm³/mol. The highest BCUT2D eigenvalue weighted by Gasteiger charge is 2.58. The molecule has 6 nitrogen and oxygen atoms in total. The van der Waals surface area contributed by atoms with Gasteiger partial charge in [-0.25, -0.2) is 0 Å². The van der Waals surface area contributed by atoms with Crippen molar-refractivity contribution < 1.29 is 14.3 Å². The molecule has 3 atom stereocenters. The summed E-state index contributed by atoms with van der Waals surface area (Å²) in [7, 11) is 0. The highest BCUT2D eigenvalue weighted by atomic mass is 32.1. The molecule has 2 bridgehead atoms. The summed E-state index contributed by atoms with van der Waals surface area (Å²) < 4.78 is 12.4. The van der Waals surface area contributed by atoms with Crippen LogP contribution in [0.1, 0.15) is 43.5 Å². The fourth-order valence-electron chi connectivity index (χ4n) is 4.73. The smallest absolute Gasteiger partial charge is 0.236 e. The Labute approximate surface area is 188 Å². The average molecular weight is 440 g/mol. The van der Waals surface area contributed by atoms with Crippen molar-refractivity contribution in [2.24, 2.45) is 5.92 Å². The minimum Gasteiger partial charge on any atom is -0.490 e. The molecule has 2 aliphatic rings. The first-order valence-electron chi connectivity index (χ1n) is 10.7. The van der Waals surface area contributed by atoms with E-state index in [9.17, 15) is 4.79 Å². The number of rotatable bonds is 5. The van der Waals surface area contributed by atoms with Crippen LogP contribution in [0.3, 0.4) is 0 Å². The molecule has 2 heterocycles. The van der Waals surface area contributed by atoms with E-state index in [0.717, 1.165) is 22.4 Å². The van der Waals surface area contributed by atoms with E-state index in [1.807, 2.05) is 69.9 Å². The van der Waals surface area contributed by atoms with Crippen LogP contribution in [0.2, 0.25) is 0 Å². The number of nitrogens with zero attached hydrogens (tertiary/aromatic N) is 1. The fourth-order valence-corrected chi connectivity index (χ4v) is 5.17. The number of carbonyl (C=O) groups excluding carboxylic acids is 1. The van der Waals surface area contributed by atoms with Crippen LogP contribution in [-0.2, 0) is 4.79 Å². The lowest BCUT2D eigenvalue weighted by Gasteiger charge is -2.56. The molecule has 31 heavy (non-hydrogen) atoms. The maximum atomic E-state index is 13.7. The lowest BCUT2D eigenvalue weighted by atomic mass is 9.78. The lowest BCUT2D eigenvalue weighted by molar-refractivity contribution is -0.149. The molecule has 2 aromatic rings.